The first kappa shape index (κ1) is 16.4. The van der Waals surface area contributed by atoms with E-state index >= 15 is 0 Å². The summed E-state index contributed by atoms with van der Waals surface area (Å²) in [5.74, 6) is 1.88. The molecule has 0 bridgehead atoms. The zero-order chi connectivity index (χ0) is 15.3. The fourth-order valence-corrected chi connectivity index (χ4v) is 2.83. The third-order valence-electron chi connectivity index (χ3n) is 3.93. The molecule has 1 atom stereocenters. The van der Waals surface area contributed by atoms with Crippen LogP contribution in [0.15, 0.2) is 4.52 Å². The molecule has 0 saturated heterocycles. The molecule has 2 rings (SSSR count). The minimum absolute atomic E-state index is 0.0116. The second-order valence-electron chi connectivity index (χ2n) is 6.92. The van der Waals surface area contributed by atoms with Gasteiger partial charge in [-0.2, -0.15) is 4.98 Å². The van der Waals surface area contributed by atoms with Gasteiger partial charge in [0.05, 0.1) is 6.54 Å². The number of hydrogen-bond acceptors (Lipinski definition) is 5. The Morgan fingerprint density at radius 2 is 2.00 bits per heavy atom. The van der Waals surface area contributed by atoms with Crippen LogP contribution in [-0.4, -0.2) is 22.3 Å². The fraction of sp³-hybridized carbons (Fsp3) is 0.875. The first-order valence-corrected chi connectivity index (χ1v) is 8.18. The summed E-state index contributed by atoms with van der Waals surface area (Å²) < 4.78 is 11.3. The van der Waals surface area contributed by atoms with Crippen LogP contribution in [0.1, 0.15) is 77.6 Å². The molecule has 1 heterocycles. The summed E-state index contributed by atoms with van der Waals surface area (Å²) in [6.07, 6.45) is 6.29. The number of nitrogens with one attached hydrogen (secondary N) is 1. The average Bonchev–Trinajstić information content (AvgIpc) is 2.91. The monoisotopic (exact) mass is 295 g/mol. The largest absolute Gasteiger partial charge is 0.370 e. The number of ether oxygens (including phenoxy) is 1. The summed E-state index contributed by atoms with van der Waals surface area (Å²) in [4.78, 5) is 4.54. The molecule has 5 heteroatoms. The molecular weight excluding hydrogens is 266 g/mol. The zero-order valence-corrected chi connectivity index (χ0v) is 13.8. The van der Waals surface area contributed by atoms with Gasteiger partial charge >= 0.3 is 0 Å². The first-order chi connectivity index (χ1) is 9.99. The van der Waals surface area contributed by atoms with Gasteiger partial charge in [-0.05, 0) is 46.5 Å². The van der Waals surface area contributed by atoms with Crippen molar-refractivity contribution in [3.05, 3.63) is 11.7 Å². The van der Waals surface area contributed by atoms with Crippen LogP contribution in [0.2, 0.25) is 0 Å². The highest BCUT2D eigenvalue weighted by atomic mass is 16.5. The molecule has 1 aromatic rings. The lowest BCUT2D eigenvalue weighted by Crippen LogP contribution is -2.35. The Kier molecular flexibility index (Phi) is 5.76. The number of aromatic nitrogens is 2. The first-order valence-electron chi connectivity index (χ1n) is 8.18. The van der Waals surface area contributed by atoms with E-state index in [1.54, 1.807) is 0 Å². The molecule has 21 heavy (non-hydrogen) atoms. The van der Waals surface area contributed by atoms with Crippen LogP contribution in [0, 0.1) is 5.92 Å². The summed E-state index contributed by atoms with van der Waals surface area (Å²) >= 11 is 0. The number of nitrogens with zero attached hydrogens (tertiary/aromatic N) is 2. The van der Waals surface area contributed by atoms with Gasteiger partial charge in [0.1, 0.15) is 6.10 Å². The lowest BCUT2D eigenvalue weighted by molar-refractivity contribution is -0.00145. The third kappa shape index (κ3) is 5.08. The molecule has 0 aromatic carbocycles. The number of hydrogen-bond donors (Lipinski definition) is 1. The van der Waals surface area contributed by atoms with Crippen LogP contribution in [0.25, 0.3) is 0 Å². The van der Waals surface area contributed by atoms with E-state index in [0.29, 0.717) is 25.0 Å². The quantitative estimate of drug-likeness (QED) is 0.868. The zero-order valence-electron chi connectivity index (χ0n) is 13.8. The smallest absolute Gasteiger partial charge is 0.240 e. The van der Waals surface area contributed by atoms with E-state index < -0.39 is 0 Å². The summed E-state index contributed by atoms with van der Waals surface area (Å²) in [5, 5.41) is 7.52. The minimum atomic E-state index is -0.0116. The molecule has 0 amide bonds. The molecule has 1 fully saturated rings. The van der Waals surface area contributed by atoms with Gasteiger partial charge in [0.25, 0.3) is 0 Å². The van der Waals surface area contributed by atoms with E-state index in [2.05, 4.69) is 36.2 Å². The molecule has 1 aliphatic carbocycles. The highest BCUT2D eigenvalue weighted by Gasteiger charge is 2.29. The minimum Gasteiger partial charge on any atom is -0.370 e. The molecule has 1 aromatic heterocycles. The Hall–Kier alpha value is -0.940. The van der Waals surface area contributed by atoms with Crippen LogP contribution in [0.5, 0.6) is 0 Å². The van der Waals surface area contributed by atoms with Gasteiger partial charge in [-0.25, -0.2) is 0 Å². The van der Waals surface area contributed by atoms with Crippen LogP contribution in [0.3, 0.4) is 0 Å². The van der Waals surface area contributed by atoms with Crippen molar-refractivity contribution >= 4 is 0 Å². The van der Waals surface area contributed by atoms with Crippen LogP contribution < -0.4 is 5.32 Å². The molecule has 0 radical (unpaired) electrons. The topological polar surface area (TPSA) is 60.2 Å². The molecule has 0 aliphatic heterocycles. The normalized spacial score (nSPS) is 18.9. The van der Waals surface area contributed by atoms with E-state index in [0.717, 1.165) is 5.82 Å². The van der Waals surface area contributed by atoms with Crippen molar-refractivity contribution < 1.29 is 9.26 Å². The Morgan fingerprint density at radius 3 is 2.62 bits per heavy atom. The van der Waals surface area contributed by atoms with Crippen molar-refractivity contribution in [2.75, 3.05) is 6.61 Å². The second kappa shape index (κ2) is 7.36. The van der Waals surface area contributed by atoms with Crippen molar-refractivity contribution in [1.29, 1.82) is 0 Å². The van der Waals surface area contributed by atoms with Crippen molar-refractivity contribution in [1.82, 2.24) is 15.5 Å². The lowest BCUT2D eigenvalue weighted by atomic mass is 9.85. The Labute approximate surface area is 127 Å². The van der Waals surface area contributed by atoms with Gasteiger partial charge in [-0.3, -0.25) is 0 Å². The highest BCUT2D eigenvalue weighted by Crippen LogP contribution is 2.35. The Balaban J connectivity index is 2.01. The molecule has 1 unspecified atom stereocenters. The predicted molar refractivity (Wildman–Crippen MR) is 81.8 cm³/mol. The van der Waals surface area contributed by atoms with E-state index in [9.17, 15) is 0 Å². The van der Waals surface area contributed by atoms with E-state index in [4.69, 9.17) is 9.26 Å². The summed E-state index contributed by atoms with van der Waals surface area (Å²) in [6, 6.07) is 0. The van der Waals surface area contributed by atoms with Crippen LogP contribution in [0.4, 0.5) is 0 Å². The predicted octanol–water partition coefficient (Wildman–Crippen LogP) is 3.62. The van der Waals surface area contributed by atoms with Gasteiger partial charge < -0.3 is 14.6 Å². The molecule has 5 nitrogen and oxygen atoms in total. The Bertz CT molecular complexity index is 419. The number of rotatable bonds is 6. The molecule has 0 spiro atoms. The lowest BCUT2D eigenvalue weighted by Gasteiger charge is -2.27. The summed E-state index contributed by atoms with van der Waals surface area (Å²) in [5.41, 5.74) is 0.0390. The van der Waals surface area contributed by atoms with Gasteiger partial charge in [0, 0.05) is 12.1 Å². The van der Waals surface area contributed by atoms with Crippen molar-refractivity contribution in [3.63, 3.8) is 0 Å². The third-order valence-corrected chi connectivity index (χ3v) is 3.93. The fourth-order valence-electron chi connectivity index (χ4n) is 2.83. The van der Waals surface area contributed by atoms with Crippen molar-refractivity contribution in [2.24, 2.45) is 5.92 Å². The van der Waals surface area contributed by atoms with Gasteiger partial charge in [-0.15, -0.1) is 0 Å². The second-order valence-corrected chi connectivity index (χ2v) is 6.92. The summed E-state index contributed by atoms with van der Waals surface area (Å²) in [6.45, 7) is 9.67. The SMILES string of the molecule is CCOC(c1noc(CNC(C)(C)C)n1)C1CCCCC1. The molecular formula is C16H29N3O2. The Morgan fingerprint density at radius 1 is 1.29 bits per heavy atom. The molecule has 1 aliphatic rings. The van der Waals surface area contributed by atoms with Crippen molar-refractivity contribution in [3.8, 4) is 0 Å². The molecule has 1 N–H and O–H groups in total. The van der Waals surface area contributed by atoms with Crippen LogP contribution in [-0.2, 0) is 11.3 Å². The van der Waals surface area contributed by atoms with Gasteiger partial charge in [0.15, 0.2) is 0 Å². The maximum Gasteiger partial charge on any atom is 0.240 e. The summed E-state index contributed by atoms with van der Waals surface area (Å²) in [7, 11) is 0. The van der Waals surface area contributed by atoms with E-state index in [1.165, 1.54) is 32.1 Å². The van der Waals surface area contributed by atoms with E-state index in [1.807, 2.05) is 6.92 Å². The standard InChI is InChI=1S/C16H29N3O2/c1-5-20-14(12-9-7-6-8-10-12)15-18-13(21-19-15)11-17-16(2,3)4/h12,14,17H,5-11H2,1-4H3. The van der Waals surface area contributed by atoms with E-state index in [-0.39, 0.29) is 11.6 Å². The average molecular weight is 295 g/mol. The highest BCUT2D eigenvalue weighted by molar-refractivity contribution is 4.95. The van der Waals surface area contributed by atoms with Crippen LogP contribution >= 0.6 is 0 Å². The van der Waals surface area contributed by atoms with Crippen molar-refractivity contribution in [2.45, 2.75) is 78.0 Å². The molecule has 1 saturated carbocycles. The maximum absolute atomic E-state index is 5.92. The van der Waals surface area contributed by atoms with Gasteiger partial charge in [-0.1, -0.05) is 24.4 Å². The maximum atomic E-state index is 5.92. The molecule has 120 valence electrons. The van der Waals surface area contributed by atoms with Gasteiger partial charge in [0.2, 0.25) is 11.7 Å².